The number of halogens is 2. The van der Waals surface area contributed by atoms with Crippen LogP contribution >= 0.6 is 23.2 Å². The summed E-state index contributed by atoms with van der Waals surface area (Å²) < 4.78 is 11.7. The van der Waals surface area contributed by atoms with Crippen molar-refractivity contribution in [2.75, 3.05) is 37.4 Å². The average molecular weight is 605 g/mol. The van der Waals surface area contributed by atoms with Gasteiger partial charge in [0, 0.05) is 25.6 Å². The molecule has 4 rings (SSSR count). The number of aromatic nitrogens is 1. The maximum atomic E-state index is 13.7. The van der Waals surface area contributed by atoms with Gasteiger partial charge in [0.1, 0.15) is 17.5 Å². The molecule has 3 atom stereocenters. The molecule has 12 heteroatoms. The number of anilines is 2. The number of amides is 3. The van der Waals surface area contributed by atoms with Crippen molar-refractivity contribution in [3.63, 3.8) is 0 Å². The fourth-order valence-electron chi connectivity index (χ4n) is 4.81. The Hall–Kier alpha value is -3.31. The number of nitrogens with zero attached hydrogens (tertiary/aromatic N) is 3. The second-order valence-corrected chi connectivity index (χ2v) is 11.3. The molecule has 2 aromatic carbocycles. The Balaban J connectivity index is 1.64. The van der Waals surface area contributed by atoms with Crippen molar-refractivity contribution in [1.29, 1.82) is 0 Å². The molecule has 10 nitrogen and oxygen atoms in total. The summed E-state index contributed by atoms with van der Waals surface area (Å²) in [4.78, 5) is 30.5. The minimum absolute atomic E-state index is 0.110. The summed E-state index contributed by atoms with van der Waals surface area (Å²) >= 11 is 12.3. The van der Waals surface area contributed by atoms with Crippen LogP contribution in [0.5, 0.6) is 5.75 Å². The van der Waals surface area contributed by atoms with Crippen molar-refractivity contribution < 1.29 is 24.0 Å². The van der Waals surface area contributed by atoms with Crippen molar-refractivity contribution in [1.82, 2.24) is 15.0 Å². The number of benzene rings is 2. The first-order chi connectivity index (χ1) is 19.5. The van der Waals surface area contributed by atoms with Crippen molar-refractivity contribution in [3.8, 4) is 5.75 Å². The maximum absolute atomic E-state index is 13.7. The third kappa shape index (κ3) is 7.13. The topological polar surface area (TPSA) is 120 Å². The molecule has 3 aromatic rings. The second kappa shape index (κ2) is 13.1. The smallest absolute Gasteiger partial charge is 0.323 e. The largest absolute Gasteiger partial charge is 0.486 e. The van der Waals surface area contributed by atoms with E-state index < -0.39 is 12.1 Å². The molecule has 0 spiro atoms. The van der Waals surface area contributed by atoms with Crippen LogP contribution in [0.15, 0.2) is 40.9 Å². The standard InChI is InChI=1S/C29H35Cl2N5O5/c1-16-12-36(17(2)15-37)28(38)21-7-6-8-24(32-29(39)33-26-18(3)34-41-19(26)4)27(21)40-25(16)14-35(5)13-20-9-10-22(30)23(31)11-20/h6-11,16-17,25,37H,12-15H2,1-5H3,(H2,32,33,39)/t16-,17+,25+/m1/s1. The van der Waals surface area contributed by atoms with E-state index in [-0.39, 0.29) is 30.3 Å². The fraction of sp³-hybridized carbons (Fsp3) is 0.414. The van der Waals surface area contributed by atoms with Crippen molar-refractivity contribution in [3.05, 3.63) is 69.0 Å². The van der Waals surface area contributed by atoms with E-state index in [1.807, 2.05) is 26.1 Å². The molecule has 0 saturated carbocycles. The zero-order valence-corrected chi connectivity index (χ0v) is 25.2. The van der Waals surface area contributed by atoms with Gasteiger partial charge in [-0.25, -0.2) is 4.79 Å². The SMILES string of the molecule is Cc1noc(C)c1NC(=O)Nc1cccc2c1O[C@@H](CN(C)Cc1ccc(Cl)c(Cl)c1)[C@H](C)CN([C@@H](C)CO)C2=O. The number of carbonyl (C=O) groups is 2. The Morgan fingerprint density at radius 1 is 1.22 bits per heavy atom. The number of aryl methyl sites for hydroxylation is 2. The number of ether oxygens (including phenoxy) is 1. The lowest BCUT2D eigenvalue weighted by molar-refractivity contribution is 0.0343. The van der Waals surface area contributed by atoms with E-state index >= 15 is 0 Å². The van der Waals surface area contributed by atoms with E-state index in [1.165, 1.54) is 0 Å². The highest BCUT2D eigenvalue weighted by Crippen LogP contribution is 2.35. The molecule has 1 aliphatic rings. The molecule has 41 heavy (non-hydrogen) atoms. The van der Waals surface area contributed by atoms with E-state index in [0.29, 0.717) is 58.1 Å². The third-order valence-corrected chi connectivity index (χ3v) is 7.88. The molecule has 3 N–H and O–H groups in total. The van der Waals surface area contributed by atoms with Crippen molar-refractivity contribution in [2.45, 2.75) is 46.4 Å². The summed E-state index contributed by atoms with van der Waals surface area (Å²) in [7, 11) is 1.97. The van der Waals surface area contributed by atoms with Crippen LogP contribution in [0.2, 0.25) is 10.0 Å². The predicted octanol–water partition coefficient (Wildman–Crippen LogP) is 5.59. The van der Waals surface area contributed by atoms with Gasteiger partial charge in [-0.3, -0.25) is 9.69 Å². The minimum Gasteiger partial charge on any atom is -0.486 e. The number of rotatable bonds is 8. The van der Waals surface area contributed by atoms with Crippen molar-refractivity contribution in [2.24, 2.45) is 5.92 Å². The molecule has 2 heterocycles. The second-order valence-electron chi connectivity index (χ2n) is 10.5. The van der Waals surface area contributed by atoms with E-state index in [1.54, 1.807) is 49.9 Å². The van der Waals surface area contributed by atoms with Gasteiger partial charge in [-0.2, -0.15) is 0 Å². The molecule has 0 bridgehead atoms. The van der Waals surface area contributed by atoms with E-state index in [9.17, 15) is 14.7 Å². The molecular formula is C29H35Cl2N5O5. The zero-order chi connectivity index (χ0) is 29.8. The lowest BCUT2D eigenvalue weighted by Gasteiger charge is -2.38. The van der Waals surface area contributed by atoms with Gasteiger partial charge in [0.25, 0.3) is 5.91 Å². The molecule has 220 valence electrons. The predicted molar refractivity (Wildman–Crippen MR) is 159 cm³/mol. The van der Waals surface area contributed by atoms with Crippen LogP contribution in [0.1, 0.15) is 41.2 Å². The van der Waals surface area contributed by atoms with Gasteiger partial charge in [0.05, 0.1) is 33.9 Å². The first-order valence-electron chi connectivity index (χ1n) is 13.3. The number of carbonyl (C=O) groups excluding carboxylic acids is 2. The van der Waals surface area contributed by atoms with Crippen LogP contribution in [0, 0.1) is 19.8 Å². The number of hydrogen-bond donors (Lipinski definition) is 3. The highest BCUT2D eigenvalue weighted by Gasteiger charge is 2.34. The van der Waals surface area contributed by atoms with Gasteiger partial charge >= 0.3 is 6.03 Å². The summed E-state index contributed by atoms with van der Waals surface area (Å²) in [6, 6.07) is 9.61. The fourth-order valence-corrected chi connectivity index (χ4v) is 5.13. The van der Waals surface area contributed by atoms with Crippen molar-refractivity contribution >= 4 is 46.5 Å². The van der Waals surface area contributed by atoms with Crippen LogP contribution in [0.4, 0.5) is 16.2 Å². The molecule has 0 unspecified atom stereocenters. The number of urea groups is 1. The number of aliphatic hydroxyl groups is 1. The molecule has 1 aromatic heterocycles. The highest BCUT2D eigenvalue weighted by molar-refractivity contribution is 6.42. The van der Waals surface area contributed by atoms with Crippen LogP contribution in [-0.4, -0.2) is 70.9 Å². The van der Waals surface area contributed by atoms with Gasteiger partial charge in [0.2, 0.25) is 0 Å². The Labute approximate surface area is 249 Å². The molecule has 0 fully saturated rings. The number of para-hydroxylation sites is 1. The number of likely N-dealkylation sites (N-methyl/N-ethyl adjacent to an activating group) is 1. The van der Waals surface area contributed by atoms with Crippen LogP contribution in [0.25, 0.3) is 0 Å². The Bertz CT molecular complexity index is 1390. The van der Waals surface area contributed by atoms with Gasteiger partial charge in [0.15, 0.2) is 11.5 Å². The summed E-state index contributed by atoms with van der Waals surface area (Å²) in [6.45, 7) is 8.53. The van der Waals surface area contributed by atoms with Crippen LogP contribution < -0.4 is 15.4 Å². The van der Waals surface area contributed by atoms with Gasteiger partial charge in [-0.1, -0.05) is 47.4 Å². The number of nitrogens with one attached hydrogen (secondary N) is 2. The lowest BCUT2D eigenvalue weighted by atomic mass is 9.99. The molecule has 0 aliphatic carbocycles. The highest BCUT2D eigenvalue weighted by atomic mass is 35.5. The minimum atomic E-state index is -0.534. The Morgan fingerprint density at radius 2 is 1.98 bits per heavy atom. The molecule has 0 radical (unpaired) electrons. The van der Waals surface area contributed by atoms with Crippen LogP contribution in [-0.2, 0) is 6.54 Å². The zero-order valence-electron chi connectivity index (χ0n) is 23.7. The maximum Gasteiger partial charge on any atom is 0.323 e. The normalized spacial score (nSPS) is 17.9. The quantitative estimate of drug-likeness (QED) is 0.307. The molecule has 1 aliphatic heterocycles. The lowest BCUT2D eigenvalue weighted by Crippen LogP contribution is -2.49. The monoisotopic (exact) mass is 603 g/mol. The van der Waals surface area contributed by atoms with Gasteiger partial charge < -0.3 is 29.9 Å². The molecule has 0 saturated heterocycles. The van der Waals surface area contributed by atoms with E-state index in [0.717, 1.165) is 5.56 Å². The number of fused-ring (bicyclic) bond motifs is 1. The summed E-state index contributed by atoms with van der Waals surface area (Å²) in [5, 5.41) is 20.4. The summed E-state index contributed by atoms with van der Waals surface area (Å²) in [6.07, 6.45) is -0.364. The summed E-state index contributed by atoms with van der Waals surface area (Å²) in [5.74, 6) is 0.341. The Morgan fingerprint density at radius 3 is 2.63 bits per heavy atom. The average Bonchev–Trinajstić information content (AvgIpc) is 3.24. The first kappa shape index (κ1) is 30.6. The molecular weight excluding hydrogens is 569 g/mol. The van der Waals surface area contributed by atoms with E-state index in [2.05, 4.69) is 20.7 Å². The van der Waals surface area contributed by atoms with Gasteiger partial charge in [-0.15, -0.1) is 0 Å². The van der Waals surface area contributed by atoms with E-state index in [4.69, 9.17) is 32.5 Å². The summed E-state index contributed by atoms with van der Waals surface area (Å²) in [5.41, 5.74) is 2.63. The number of aliphatic hydroxyl groups excluding tert-OH is 1. The first-order valence-corrected chi connectivity index (χ1v) is 14.1. The van der Waals surface area contributed by atoms with Gasteiger partial charge in [-0.05, 0) is 57.6 Å². The third-order valence-electron chi connectivity index (χ3n) is 7.14. The molecule has 3 amide bonds. The van der Waals surface area contributed by atoms with Crippen LogP contribution in [0.3, 0.4) is 0 Å². The number of hydrogen-bond acceptors (Lipinski definition) is 7. The Kier molecular flexibility index (Phi) is 9.80.